The third-order valence-corrected chi connectivity index (χ3v) is 2.86. The predicted molar refractivity (Wildman–Crippen MR) is 71.8 cm³/mol. The third-order valence-electron chi connectivity index (χ3n) is 2.63. The molecule has 0 atom stereocenters. The molecule has 0 radical (unpaired) electrons. The molecule has 0 spiro atoms. The predicted octanol–water partition coefficient (Wildman–Crippen LogP) is 2.29. The van der Waals surface area contributed by atoms with Crippen molar-refractivity contribution in [3.63, 3.8) is 0 Å². The summed E-state index contributed by atoms with van der Waals surface area (Å²) in [6, 6.07) is 4.34. The highest BCUT2D eigenvalue weighted by molar-refractivity contribution is 6.31. The van der Waals surface area contributed by atoms with Crippen LogP contribution in [0.25, 0.3) is 10.9 Å². The molecule has 0 aliphatic rings. The average molecular weight is 282 g/mol. The monoisotopic (exact) mass is 281 g/mol. The van der Waals surface area contributed by atoms with Crippen molar-refractivity contribution in [3.05, 3.63) is 44.2 Å². The zero-order valence-electron chi connectivity index (χ0n) is 10.7. The molecule has 0 unspecified atom stereocenters. The Bertz CT molecular complexity index is 780. The maximum absolute atomic E-state index is 12.3. The van der Waals surface area contributed by atoms with Crippen molar-refractivity contribution >= 4 is 28.4 Å². The summed E-state index contributed by atoms with van der Waals surface area (Å²) >= 11 is 5.80. The van der Waals surface area contributed by atoms with Gasteiger partial charge >= 0.3 is 11.4 Å². The second-order valence-corrected chi connectivity index (χ2v) is 5.64. The summed E-state index contributed by atoms with van der Waals surface area (Å²) in [6.07, 6.45) is 0. The lowest BCUT2D eigenvalue weighted by Crippen LogP contribution is -2.37. The van der Waals surface area contributed by atoms with Crippen LogP contribution in [0.5, 0.6) is 0 Å². The molecule has 0 aliphatic carbocycles. The summed E-state index contributed by atoms with van der Waals surface area (Å²) in [5, 5.41) is 0.429. The number of hydrogen-bond donors (Lipinski definition) is 0. The number of rotatable bonds is 0. The van der Waals surface area contributed by atoms with Crippen molar-refractivity contribution in [1.82, 2.24) is 4.57 Å². The molecule has 0 fully saturated rings. The highest BCUT2D eigenvalue weighted by Gasteiger charge is 2.27. The number of benzene rings is 1. The number of carbonyl (C=O) groups excluding carboxylic acids is 1. The molecule has 2 rings (SSSR count). The molecular formula is C13H12ClNO4. The van der Waals surface area contributed by atoms with Gasteiger partial charge in [0.2, 0.25) is 5.91 Å². The van der Waals surface area contributed by atoms with Crippen LogP contribution in [0.3, 0.4) is 0 Å². The molecule has 0 bridgehead atoms. The maximum atomic E-state index is 12.3. The first-order valence-corrected chi connectivity index (χ1v) is 6.00. The van der Waals surface area contributed by atoms with Crippen LogP contribution in [-0.2, 0) is 0 Å². The van der Waals surface area contributed by atoms with Crippen molar-refractivity contribution in [2.24, 2.45) is 5.41 Å². The van der Waals surface area contributed by atoms with E-state index in [2.05, 4.69) is 4.42 Å². The van der Waals surface area contributed by atoms with Crippen molar-refractivity contribution in [3.8, 4) is 0 Å². The molecule has 0 amide bonds. The smallest absolute Gasteiger partial charge is 0.372 e. The first-order chi connectivity index (χ1) is 8.71. The molecule has 0 saturated heterocycles. The molecule has 2 aromatic rings. The summed E-state index contributed by atoms with van der Waals surface area (Å²) < 4.78 is 5.43. The van der Waals surface area contributed by atoms with E-state index in [-0.39, 0.29) is 10.9 Å². The topological polar surface area (TPSA) is 69.3 Å². The fraction of sp³-hybridized carbons (Fsp3) is 0.308. The fourth-order valence-corrected chi connectivity index (χ4v) is 1.84. The van der Waals surface area contributed by atoms with Crippen LogP contribution in [0.1, 0.15) is 25.6 Å². The van der Waals surface area contributed by atoms with Gasteiger partial charge in [0.1, 0.15) is 0 Å². The number of carbonyl (C=O) groups is 1. The molecule has 1 aromatic heterocycles. The SMILES string of the molecule is CC(C)(C)C(=O)n1c(=O)oc(=O)c2cc(Cl)ccc21. The molecule has 6 heteroatoms. The van der Waals surface area contributed by atoms with Crippen LogP contribution in [-0.4, -0.2) is 10.5 Å². The molecule has 19 heavy (non-hydrogen) atoms. The second-order valence-electron chi connectivity index (χ2n) is 5.21. The number of aromatic nitrogens is 1. The maximum Gasteiger partial charge on any atom is 0.429 e. The Morgan fingerprint density at radius 1 is 1.26 bits per heavy atom. The van der Waals surface area contributed by atoms with E-state index < -0.39 is 22.7 Å². The van der Waals surface area contributed by atoms with Crippen molar-refractivity contribution < 1.29 is 9.21 Å². The highest BCUT2D eigenvalue weighted by atomic mass is 35.5. The minimum absolute atomic E-state index is 0.102. The van der Waals surface area contributed by atoms with Crippen LogP contribution < -0.4 is 11.4 Å². The van der Waals surface area contributed by atoms with Gasteiger partial charge in [0.15, 0.2) is 0 Å². The summed E-state index contributed by atoms with van der Waals surface area (Å²) in [5.41, 5.74) is -1.39. The summed E-state index contributed by atoms with van der Waals surface area (Å²) in [7, 11) is 0. The molecule has 0 saturated carbocycles. The lowest BCUT2D eigenvalue weighted by atomic mass is 9.95. The summed E-state index contributed by atoms with van der Waals surface area (Å²) in [6.45, 7) is 5.03. The van der Waals surface area contributed by atoms with Gasteiger partial charge in [-0.05, 0) is 18.2 Å². The first kappa shape index (κ1) is 13.5. The van der Waals surface area contributed by atoms with Gasteiger partial charge in [-0.3, -0.25) is 4.79 Å². The molecular weight excluding hydrogens is 270 g/mol. The van der Waals surface area contributed by atoms with E-state index in [9.17, 15) is 14.4 Å². The van der Waals surface area contributed by atoms with Gasteiger partial charge in [-0.25, -0.2) is 14.2 Å². The number of halogens is 1. The van der Waals surface area contributed by atoms with Crippen molar-refractivity contribution in [1.29, 1.82) is 0 Å². The van der Waals surface area contributed by atoms with Crippen LogP contribution in [0.15, 0.2) is 32.2 Å². The Hall–Kier alpha value is -1.88. The Labute approximate surface area is 113 Å². The van der Waals surface area contributed by atoms with E-state index in [1.165, 1.54) is 18.2 Å². The summed E-state index contributed by atoms with van der Waals surface area (Å²) in [4.78, 5) is 35.7. The number of hydrogen-bond acceptors (Lipinski definition) is 4. The van der Waals surface area contributed by atoms with Gasteiger partial charge < -0.3 is 4.42 Å². The quantitative estimate of drug-likeness (QED) is 0.743. The van der Waals surface area contributed by atoms with Crippen LogP contribution >= 0.6 is 11.6 Å². The van der Waals surface area contributed by atoms with Gasteiger partial charge in [0.05, 0.1) is 10.9 Å². The van der Waals surface area contributed by atoms with Crippen molar-refractivity contribution in [2.75, 3.05) is 0 Å². The van der Waals surface area contributed by atoms with Gasteiger partial charge in [-0.2, -0.15) is 0 Å². The highest BCUT2D eigenvalue weighted by Crippen LogP contribution is 2.20. The van der Waals surface area contributed by atoms with E-state index in [0.717, 1.165) is 4.57 Å². The van der Waals surface area contributed by atoms with Crippen LogP contribution in [0.2, 0.25) is 5.02 Å². The van der Waals surface area contributed by atoms with Gasteiger partial charge in [-0.1, -0.05) is 32.4 Å². The van der Waals surface area contributed by atoms with Gasteiger partial charge in [0.25, 0.3) is 0 Å². The molecule has 1 aromatic carbocycles. The zero-order chi connectivity index (χ0) is 14.4. The molecule has 1 heterocycles. The van der Waals surface area contributed by atoms with E-state index in [1.807, 2.05) is 0 Å². The standard InChI is InChI=1S/C13H12ClNO4/c1-13(2,3)11(17)15-9-5-4-7(14)6-8(9)10(16)19-12(15)18/h4-6H,1-3H3. The second kappa shape index (κ2) is 4.35. The minimum Gasteiger partial charge on any atom is -0.372 e. The van der Waals surface area contributed by atoms with E-state index >= 15 is 0 Å². The molecule has 0 aliphatic heterocycles. The lowest BCUT2D eigenvalue weighted by Gasteiger charge is -2.18. The normalized spacial score (nSPS) is 11.8. The zero-order valence-corrected chi connectivity index (χ0v) is 11.4. The summed E-state index contributed by atoms with van der Waals surface area (Å²) in [5.74, 6) is -1.44. The number of fused-ring (bicyclic) bond motifs is 1. The number of nitrogens with zero attached hydrogens (tertiary/aromatic N) is 1. The van der Waals surface area contributed by atoms with E-state index in [1.54, 1.807) is 20.8 Å². The van der Waals surface area contributed by atoms with E-state index in [4.69, 9.17) is 11.6 Å². The Morgan fingerprint density at radius 3 is 2.47 bits per heavy atom. The lowest BCUT2D eigenvalue weighted by molar-refractivity contribution is 0.0756. The van der Waals surface area contributed by atoms with Crippen LogP contribution in [0, 0.1) is 5.41 Å². The van der Waals surface area contributed by atoms with Gasteiger partial charge in [-0.15, -0.1) is 0 Å². The van der Waals surface area contributed by atoms with Crippen molar-refractivity contribution in [2.45, 2.75) is 20.8 Å². The minimum atomic E-state index is -0.986. The fourth-order valence-electron chi connectivity index (χ4n) is 1.67. The van der Waals surface area contributed by atoms with E-state index in [0.29, 0.717) is 5.02 Å². The Morgan fingerprint density at radius 2 is 1.89 bits per heavy atom. The Kier molecular flexibility index (Phi) is 3.10. The Balaban J connectivity index is 2.93. The molecule has 5 nitrogen and oxygen atoms in total. The first-order valence-electron chi connectivity index (χ1n) is 5.62. The van der Waals surface area contributed by atoms with Crippen LogP contribution in [0.4, 0.5) is 0 Å². The third kappa shape index (κ3) is 2.33. The van der Waals surface area contributed by atoms with Gasteiger partial charge in [0, 0.05) is 10.4 Å². The largest absolute Gasteiger partial charge is 0.429 e. The molecule has 100 valence electrons. The molecule has 0 N–H and O–H groups in total. The average Bonchev–Trinajstić information content (AvgIpc) is 2.28.